The Hall–Kier alpha value is -6.30. The van der Waals surface area contributed by atoms with E-state index in [1.165, 1.54) is 55.6 Å². The van der Waals surface area contributed by atoms with Crippen LogP contribution >= 0.6 is 0 Å². The van der Waals surface area contributed by atoms with E-state index >= 15 is 0 Å². The topological polar surface area (TPSA) is 36.7 Å². The fourth-order valence-corrected chi connectivity index (χ4v) is 9.21. The predicted molar refractivity (Wildman–Crippen MR) is 215 cm³/mol. The summed E-state index contributed by atoms with van der Waals surface area (Å²) in [4.78, 5) is 5.50. The van der Waals surface area contributed by atoms with E-state index in [0.29, 0.717) is 5.56 Å². The third-order valence-electron chi connectivity index (χ3n) is 11.9. The molecule has 0 atom stereocenters. The molecule has 2 aliphatic rings. The second kappa shape index (κ2) is 10.8. The van der Waals surface area contributed by atoms with Gasteiger partial charge in [-0.1, -0.05) is 143 Å². The van der Waals surface area contributed by atoms with Gasteiger partial charge in [0.05, 0.1) is 22.8 Å². The summed E-state index contributed by atoms with van der Waals surface area (Å²) in [5, 5.41) is 13.6. The van der Waals surface area contributed by atoms with Crippen LogP contribution in [0.4, 0.5) is 0 Å². The molecule has 2 heteroatoms. The number of hydrogen-bond acceptors (Lipinski definition) is 2. The molecule has 10 rings (SSSR count). The smallest absolute Gasteiger partial charge is 0.0998 e. The van der Waals surface area contributed by atoms with Crippen molar-refractivity contribution in [1.29, 1.82) is 5.26 Å². The molecule has 1 heterocycles. The van der Waals surface area contributed by atoms with Crippen LogP contribution < -0.4 is 0 Å². The van der Waals surface area contributed by atoms with Crippen LogP contribution in [0.25, 0.3) is 77.4 Å². The summed E-state index contributed by atoms with van der Waals surface area (Å²) in [6.07, 6.45) is 0. The maximum absolute atomic E-state index is 10.3. The van der Waals surface area contributed by atoms with Crippen LogP contribution in [0.15, 0.2) is 146 Å². The van der Waals surface area contributed by atoms with Crippen LogP contribution in [0.1, 0.15) is 55.5 Å². The van der Waals surface area contributed by atoms with Gasteiger partial charge in [-0.25, -0.2) is 4.98 Å². The highest BCUT2D eigenvalue weighted by atomic mass is 14.7. The molecule has 0 bridgehead atoms. The molecule has 0 spiro atoms. The normalized spacial score (nSPS) is 14.4. The molecule has 0 unspecified atom stereocenters. The van der Waals surface area contributed by atoms with Gasteiger partial charge in [0.1, 0.15) is 0 Å². The molecule has 246 valence electrons. The third-order valence-corrected chi connectivity index (χ3v) is 11.9. The highest BCUT2D eigenvalue weighted by molar-refractivity contribution is 6.16. The Labute approximate surface area is 304 Å². The lowest BCUT2D eigenvalue weighted by molar-refractivity contribution is 0.660. The van der Waals surface area contributed by atoms with Gasteiger partial charge in [-0.3, -0.25) is 0 Å². The van der Waals surface area contributed by atoms with E-state index in [0.717, 1.165) is 44.1 Å². The zero-order chi connectivity index (χ0) is 35.4. The molecular weight excluding hydrogens is 629 g/mol. The average Bonchev–Trinajstić information content (AvgIpc) is 3.56. The van der Waals surface area contributed by atoms with E-state index in [2.05, 4.69) is 161 Å². The largest absolute Gasteiger partial charge is 0.247 e. The van der Waals surface area contributed by atoms with Crippen LogP contribution in [-0.4, -0.2) is 4.98 Å². The van der Waals surface area contributed by atoms with Gasteiger partial charge in [-0.05, 0) is 96.9 Å². The minimum absolute atomic E-state index is 0.103. The van der Waals surface area contributed by atoms with Crippen molar-refractivity contribution >= 4 is 21.7 Å². The SMILES string of the molecule is CC1(C)c2ccccc2-c2ccc(-c3cc(-c4ccccc4C#N)c4cc(-c5ccc6c(c5)C(C)(C)c5ccccc5-6)c5ccccc5c4n3)cc21. The zero-order valence-electron chi connectivity index (χ0n) is 29.8. The number of nitrogens with zero attached hydrogens (tertiary/aromatic N) is 2. The van der Waals surface area contributed by atoms with E-state index in [9.17, 15) is 5.26 Å². The minimum Gasteiger partial charge on any atom is -0.247 e. The predicted octanol–water partition coefficient (Wildman–Crippen LogP) is 12.9. The lowest BCUT2D eigenvalue weighted by Crippen LogP contribution is -2.15. The second-order valence-corrected chi connectivity index (χ2v) is 15.4. The summed E-state index contributed by atoms with van der Waals surface area (Å²) in [7, 11) is 0. The number of rotatable bonds is 3. The quantitative estimate of drug-likeness (QED) is 0.176. The Morgan fingerprint density at radius 3 is 1.60 bits per heavy atom. The molecule has 0 amide bonds. The van der Waals surface area contributed by atoms with Crippen molar-refractivity contribution in [3.05, 3.63) is 173 Å². The van der Waals surface area contributed by atoms with E-state index in [4.69, 9.17) is 4.98 Å². The van der Waals surface area contributed by atoms with Crippen LogP contribution in [0.5, 0.6) is 0 Å². The monoisotopic (exact) mass is 664 g/mol. The second-order valence-electron chi connectivity index (χ2n) is 15.4. The van der Waals surface area contributed by atoms with Crippen molar-refractivity contribution in [2.75, 3.05) is 0 Å². The first-order chi connectivity index (χ1) is 25.3. The molecule has 0 fully saturated rings. The van der Waals surface area contributed by atoms with Gasteiger partial charge < -0.3 is 0 Å². The molecule has 7 aromatic carbocycles. The van der Waals surface area contributed by atoms with Gasteiger partial charge in [-0.2, -0.15) is 5.26 Å². The van der Waals surface area contributed by atoms with E-state index < -0.39 is 0 Å². The first kappa shape index (κ1) is 30.5. The molecule has 2 aliphatic carbocycles. The lowest BCUT2D eigenvalue weighted by atomic mass is 9.81. The maximum Gasteiger partial charge on any atom is 0.0998 e. The Morgan fingerprint density at radius 1 is 0.423 bits per heavy atom. The summed E-state index contributed by atoms with van der Waals surface area (Å²) in [6, 6.07) is 55.0. The molecule has 0 aliphatic heterocycles. The number of benzene rings is 7. The lowest BCUT2D eigenvalue weighted by Gasteiger charge is -2.22. The van der Waals surface area contributed by atoms with Crippen LogP contribution in [0.2, 0.25) is 0 Å². The van der Waals surface area contributed by atoms with E-state index in [-0.39, 0.29) is 10.8 Å². The summed E-state index contributed by atoms with van der Waals surface area (Å²) in [6.45, 7) is 9.30. The molecule has 0 radical (unpaired) electrons. The minimum atomic E-state index is -0.123. The average molecular weight is 665 g/mol. The third kappa shape index (κ3) is 4.20. The maximum atomic E-state index is 10.3. The van der Waals surface area contributed by atoms with Gasteiger partial charge >= 0.3 is 0 Å². The van der Waals surface area contributed by atoms with Crippen LogP contribution in [-0.2, 0) is 10.8 Å². The molecule has 52 heavy (non-hydrogen) atoms. The number of pyridine rings is 1. The Kier molecular flexibility index (Phi) is 6.37. The molecule has 0 saturated carbocycles. The van der Waals surface area contributed by atoms with Crippen molar-refractivity contribution in [1.82, 2.24) is 4.98 Å². The number of nitriles is 1. The highest BCUT2D eigenvalue weighted by Crippen LogP contribution is 2.52. The van der Waals surface area contributed by atoms with Crippen molar-refractivity contribution in [3.8, 4) is 61.8 Å². The molecule has 0 saturated heterocycles. The fraction of sp³-hybridized carbons (Fsp3) is 0.120. The summed E-state index contributed by atoms with van der Waals surface area (Å²) < 4.78 is 0. The van der Waals surface area contributed by atoms with Gasteiger partial charge in [-0.15, -0.1) is 0 Å². The summed E-state index contributed by atoms with van der Waals surface area (Å²) in [5.41, 5.74) is 18.2. The van der Waals surface area contributed by atoms with Gasteiger partial charge in [0.2, 0.25) is 0 Å². The van der Waals surface area contributed by atoms with Crippen molar-refractivity contribution in [2.45, 2.75) is 38.5 Å². The summed E-state index contributed by atoms with van der Waals surface area (Å²) in [5.74, 6) is 0. The number of aromatic nitrogens is 1. The zero-order valence-corrected chi connectivity index (χ0v) is 29.8. The van der Waals surface area contributed by atoms with Crippen LogP contribution in [0, 0.1) is 11.3 Å². The number of fused-ring (bicyclic) bond motifs is 9. The standard InChI is InChI=1S/C50H36N2/c1-49(2)43-19-11-9-16-35(43)37-23-21-30(25-45(37)49)40-27-42-41(33-14-6-5-13-32(33)29-51)28-47(52-48(42)39-18-8-7-15-34(39)40)31-22-24-38-36-17-10-12-20-44(36)50(3,4)46(38)26-31/h5-28H,1-4H3. The number of hydrogen-bond donors (Lipinski definition) is 0. The van der Waals surface area contributed by atoms with Gasteiger partial charge in [0.15, 0.2) is 0 Å². The van der Waals surface area contributed by atoms with E-state index in [1.807, 2.05) is 18.2 Å². The molecule has 1 aromatic heterocycles. The molecular formula is C50H36N2. The summed E-state index contributed by atoms with van der Waals surface area (Å²) >= 11 is 0. The van der Waals surface area contributed by atoms with Crippen molar-refractivity contribution in [2.24, 2.45) is 0 Å². The first-order valence-electron chi connectivity index (χ1n) is 18.1. The van der Waals surface area contributed by atoms with Crippen molar-refractivity contribution < 1.29 is 0 Å². The first-order valence-corrected chi connectivity index (χ1v) is 18.1. The highest BCUT2D eigenvalue weighted by Gasteiger charge is 2.36. The van der Waals surface area contributed by atoms with Gasteiger partial charge in [0, 0.05) is 32.7 Å². The van der Waals surface area contributed by atoms with E-state index in [1.54, 1.807) is 0 Å². The van der Waals surface area contributed by atoms with Gasteiger partial charge in [0.25, 0.3) is 0 Å². The van der Waals surface area contributed by atoms with Crippen LogP contribution in [0.3, 0.4) is 0 Å². The fourth-order valence-electron chi connectivity index (χ4n) is 9.21. The van der Waals surface area contributed by atoms with Crippen molar-refractivity contribution in [3.63, 3.8) is 0 Å². The molecule has 2 nitrogen and oxygen atoms in total. The Bertz CT molecular complexity index is 2860. The Morgan fingerprint density at radius 2 is 0.942 bits per heavy atom. The Balaban J connectivity index is 1.24. The molecule has 0 N–H and O–H groups in total. The molecule has 8 aromatic rings.